The first-order valence-corrected chi connectivity index (χ1v) is 6.83. The Morgan fingerprint density at radius 1 is 1.50 bits per heavy atom. The number of hydrogen-bond donors (Lipinski definition) is 1. The molecule has 0 bridgehead atoms. The first-order valence-electron chi connectivity index (χ1n) is 6.05. The molecule has 0 atom stereocenters. The number of nitrogen functional groups attached to an aromatic ring is 1. The van der Waals surface area contributed by atoms with E-state index in [1.54, 1.807) is 11.5 Å². The van der Waals surface area contributed by atoms with E-state index in [4.69, 9.17) is 5.73 Å². The minimum absolute atomic E-state index is 0.690. The van der Waals surface area contributed by atoms with Crippen LogP contribution in [0, 0.1) is 5.92 Å². The van der Waals surface area contributed by atoms with Crippen molar-refractivity contribution >= 4 is 22.4 Å². The van der Waals surface area contributed by atoms with Gasteiger partial charge in [-0.3, -0.25) is 0 Å². The Bertz CT molecular complexity index is 355. The Hall–Kier alpha value is -0.770. The van der Waals surface area contributed by atoms with E-state index >= 15 is 0 Å². The molecule has 0 unspecified atom stereocenters. The van der Waals surface area contributed by atoms with Gasteiger partial charge in [-0.1, -0.05) is 13.8 Å². The zero-order chi connectivity index (χ0) is 11.7. The predicted molar refractivity (Wildman–Crippen MR) is 71.2 cm³/mol. The summed E-state index contributed by atoms with van der Waals surface area (Å²) in [6.07, 6.45) is 3.79. The van der Waals surface area contributed by atoms with Crippen molar-refractivity contribution in [2.45, 2.75) is 39.0 Å². The molecule has 0 saturated heterocycles. The largest absolute Gasteiger partial charge is 0.383 e. The van der Waals surface area contributed by atoms with Crippen molar-refractivity contribution in [2.75, 3.05) is 24.2 Å². The molecule has 0 radical (unpaired) electrons. The van der Waals surface area contributed by atoms with Crippen LogP contribution < -0.4 is 10.6 Å². The van der Waals surface area contributed by atoms with Gasteiger partial charge < -0.3 is 10.6 Å². The van der Waals surface area contributed by atoms with Gasteiger partial charge in [-0.05, 0) is 42.6 Å². The first kappa shape index (κ1) is 11.7. The number of aromatic nitrogens is 1. The summed E-state index contributed by atoms with van der Waals surface area (Å²) in [4.78, 5) is 2.32. The fraction of sp³-hybridized carbons (Fsp3) is 0.750. The molecule has 3 nitrogen and oxygen atoms in total. The molecule has 4 heteroatoms. The van der Waals surface area contributed by atoms with Crippen LogP contribution in [-0.4, -0.2) is 18.0 Å². The normalized spacial score (nSPS) is 15.8. The average molecular weight is 239 g/mol. The van der Waals surface area contributed by atoms with Gasteiger partial charge in [0, 0.05) is 19.2 Å². The van der Waals surface area contributed by atoms with Crippen LogP contribution in [0.2, 0.25) is 0 Å². The summed E-state index contributed by atoms with van der Waals surface area (Å²) < 4.78 is 4.30. The van der Waals surface area contributed by atoms with E-state index in [9.17, 15) is 0 Å². The van der Waals surface area contributed by atoms with E-state index in [1.807, 2.05) is 0 Å². The molecular weight excluding hydrogens is 218 g/mol. The van der Waals surface area contributed by atoms with Gasteiger partial charge >= 0.3 is 0 Å². The van der Waals surface area contributed by atoms with Crippen LogP contribution in [0.1, 0.15) is 44.6 Å². The van der Waals surface area contributed by atoms with Gasteiger partial charge in [0.1, 0.15) is 10.8 Å². The third-order valence-electron chi connectivity index (χ3n) is 3.11. The maximum absolute atomic E-state index is 5.95. The molecule has 1 saturated carbocycles. The Balaban J connectivity index is 2.07. The van der Waals surface area contributed by atoms with E-state index in [0.717, 1.165) is 18.3 Å². The quantitative estimate of drug-likeness (QED) is 0.858. The molecule has 2 N–H and O–H groups in total. The molecule has 1 fully saturated rings. The van der Waals surface area contributed by atoms with Crippen molar-refractivity contribution in [3.63, 3.8) is 0 Å². The third kappa shape index (κ3) is 2.48. The van der Waals surface area contributed by atoms with Gasteiger partial charge in [0.05, 0.1) is 0 Å². The van der Waals surface area contributed by atoms with Crippen LogP contribution in [0.3, 0.4) is 0 Å². The van der Waals surface area contributed by atoms with Gasteiger partial charge in [-0.15, -0.1) is 0 Å². The maximum Gasteiger partial charge on any atom is 0.142 e. The molecule has 0 aromatic carbocycles. The van der Waals surface area contributed by atoms with Crippen LogP contribution in [0.15, 0.2) is 0 Å². The van der Waals surface area contributed by atoms with E-state index in [0.29, 0.717) is 5.92 Å². The fourth-order valence-corrected chi connectivity index (χ4v) is 2.77. The Kier molecular flexibility index (Phi) is 3.38. The highest BCUT2D eigenvalue weighted by atomic mass is 32.1. The Morgan fingerprint density at radius 2 is 2.19 bits per heavy atom. The number of nitrogens with zero attached hydrogens (tertiary/aromatic N) is 2. The number of anilines is 2. The molecular formula is C12H21N3S. The highest BCUT2D eigenvalue weighted by Gasteiger charge is 2.31. The second kappa shape index (κ2) is 4.62. The monoisotopic (exact) mass is 239 g/mol. The molecule has 1 heterocycles. The highest BCUT2D eigenvalue weighted by molar-refractivity contribution is 7.10. The summed E-state index contributed by atoms with van der Waals surface area (Å²) in [6, 6.07) is 0. The van der Waals surface area contributed by atoms with Crippen LogP contribution in [-0.2, 0) is 0 Å². The summed E-state index contributed by atoms with van der Waals surface area (Å²) in [5.41, 5.74) is 7.26. The van der Waals surface area contributed by atoms with Crippen molar-refractivity contribution in [3.05, 3.63) is 5.56 Å². The molecule has 0 amide bonds. The van der Waals surface area contributed by atoms with E-state index < -0.39 is 0 Å². The maximum atomic E-state index is 5.95. The molecule has 2 rings (SSSR count). The highest BCUT2D eigenvalue weighted by Crippen LogP contribution is 2.48. The average Bonchev–Trinajstić information content (AvgIpc) is 2.99. The van der Waals surface area contributed by atoms with Gasteiger partial charge in [0.15, 0.2) is 0 Å². The zero-order valence-electron chi connectivity index (χ0n) is 10.4. The lowest BCUT2D eigenvalue weighted by molar-refractivity contribution is 0.586. The smallest absolute Gasteiger partial charge is 0.142 e. The molecule has 1 aliphatic rings. The van der Waals surface area contributed by atoms with E-state index in [1.165, 1.54) is 29.8 Å². The Morgan fingerprint density at radius 3 is 2.75 bits per heavy atom. The van der Waals surface area contributed by atoms with Crippen molar-refractivity contribution in [1.82, 2.24) is 4.37 Å². The SMILES string of the molecule is CC(C)CCN(C)c1snc(N)c1C1CC1. The van der Waals surface area contributed by atoms with E-state index in [-0.39, 0.29) is 0 Å². The minimum Gasteiger partial charge on any atom is -0.383 e. The summed E-state index contributed by atoms with van der Waals surface area (Å²) in [5, 5.41) is 1.29. The zero-order valence-corrected chi connectivity index (χ0v) is 11.2. The Labute approximate surface area is 102 Å². The van der Waals surface area contributed by atoms with Gasteiger partial charge in [0.2, 0.25) is 0 Å². The molecule has 16 heavy (non-hydrogen) atoms. The molecule has 0 aliphatic heterocycles. The van der Waals surface area contributed by atoms with Crippen molar-refractivity contribution in [3.8, 4) is 0 Å². The van der Waals surface area contributed by atoms with Crippen LogP contribution in [0.4, 0.5) is 10.8 Å². The van der Waals surface area contributed by atoms with Gasteiger partial charge in [0.25, 0.3) is 0 Å². The van der Waals surface area contributed by atoms with Crippen LogP contribution in [0.25, 0.3) is 0 Å². The van der Waals surface area contributed by atoms with Crippen molar-refractivity contribution < 1.29 is 0 Å². The van der Waals surface area contributed by atoms with Crippen molar-refractivity contribution in [1.29, 1.82) is 0 Å². The van der Waals surface area contributed by atoms with Crippen LogP contribution >= 0.6 is 11.5 Å². The first-order chi connectivity index (χ1) is 7.59. The molecule has 90 valence electrons. The second-order valence-corrected chi connectivity index (χ2v) is 5.92. The lowest BCUT2D eigenvalue weighted by atomic mass is 10.1. The second-order valence-electron chi connectivity index (χ2n) is 5.16. The fourth-order valence-electron chi connectivity index (χ4n) is 1.88. The van der Waals surface area contributed by atoms with Gasteiger partial charge in [-0.25, -0.2) is 0 Å². The number of hydrogen-bond acceptors (Lipinski definition) is 4. The predicted octanol–water partition coefficient (Wildman–Crippen LogP) is 3.09. The topological polar surface area (TPSA) is 42.2 Å². The molecule has 0 spiro atoms. The van der Waals surface area contributed by atoms with Crippen LogP contribution in [0.5, 0.6) is 0 Å². The van der Waals surface area contributed by atoms with E-state index in [2.05, 4.69) is 30.2 Å². The van der Waals surface area contributed by atoms with Gasteiger partial charge in [-0.2, -0.15) is 4.37 Å². The molecule has 1 aromatic heterocycles. The minimum atomic E-state index is 0.690. The van der Waals surface area contributed by atoms with Crippen molar-refractivity contribution in [2.24, 2.45) is 5.92 Å². The summed E-state index contributed by atoms with van der Waals surface area (Å²) >= 11 is 1.56. The summed E-state index contributed by atoms with van der Waals surface area (Å²) in [6.45, 7) is 5.62. The summed E-state index contributed by atoms with van der Waals surface area (Å²) in [5.74, 6) is 2.20. The summed E-state index contributed by atoms with van der Waals surface area (Å²) in [7, 11) is 2.15. The number of nitrogens with two attached hydrogens (primary N) is 1. The molecule has 1 aromatic rings. The lowest BCUT2D eigenvalue weighted by Gasteiger charge is -2.19. The number of rotatable bonds is 5. The standard InChI is InChI=1S/C12H21N3S/c1-8(2)6-7-15(3)12-10(9-4-5-9)11(13)14-16-12/h8-9H,4-7H2,1-3H3,(H2,13,14). The molecule has 1 aliphatic carbocycles. The lowest BCUT2D eigenvalue weighted by Crippen LogP contribution is -2.19. The third-order valence-corrected chi connectivity index (χ3v) is 4.10.